The maximum absolute atomic E-state index is 13.3. The molecule has 4 aromatic heterocycles. The van der Waals surface area contributed by atoms with Crippen LogP contribution in [0.25, 0.3) is 28.0 Å². The summed E-state index contributed by atoms with van der Waals surface area (Å²) < 4.78 is 27.6. The van der Waals surface area contributed by atoms with E-state index in [0.29, 0.717) is 35.6 Å². The molecular formula is C29H29N9O3S. The van der Waals surface area contributed by atoms with E-state index < -0.39 is 9.84 Å². The maximum atomic E-state index is 13.3. The highest BCUT2D eigenvalue weighted by molar-refractivity contribution is 7.91. The van der Waals surface area contributed by atoms with Gasteiger partial charge < -0.3 is 10.6 Å². The van der Waals surface area contributed by atoms with E-state index in [0.717, 1.165) is 35.9 Å². The van der Waals surface area contributed by atoms with E-state index in [1.54, 1.807) is 19.3 Å². The van der Waals surface area contributed by atoms with Gasteiger partial charge in [0.1, 0.15) is 16.5 Å². The summed E-state index contributed by atoms with van der Waals surface area (Å²) in [4.78, 5) is 29.0. The van der Waals surface area contributed by atoms with E-state index in [2.05, 4.69) is 25.3 Å². The van der Waals surface area contributed by atoms with Crippen molar-refractivity contribution in [1.82, 2.24) is 39.7 Å². The number of sulfone groups is 1. The van der Waals surface area contributed by atoms with Crippen molar-refractivity contribution < 1.29 is 13.2 Å². The second-order valence-electron chi connectivity index (χ2n) is 11.1. The molecule has 5 aromatic rings. The number of hydrogen-bond acceptors (Lipinski definition) is 9. The van der Waals surface area contributed by atoms with Crippen molar-refractivity contribution in [2.75, 3.05) is 12.0 Å². The fraction of sp³-hybridized carbons (Fsp3) is 0.310. The van der Waals surface area contributed by atoms with Crippen LogP contribution in [0.1, 0.15) is 53.7 Å². The Morgan fingerprint density at radius 1 is 1.00 bits per heavy atom. The van der Waals surface area contributed by atoms with Crippen LogP contribution in [0.2, 0.25) is 0 Å². The molecule has 2 aliphatic heterocycles. The number of carbonyl (C=O) groups is 1. The van der Waals surface area contributed by atoms with Crippen molar-refractivity contribution in [3.8, 4) is 22.4 Å². The monoisotopic (exact) mass is 583 g/mol. The molecule has 3 N–H and O–H groups in total. The van der Waals surface area contributed by atoms with Crippen LogP contribution in [-0.4, -0.2) is 72.3 Å². The van der Waals surface area contributed by atoms with Gasteiger partial charge in [-0.15, -0.1) is 0 Å². The first-order valence-electron chi connectivity index (χ1n) is 13.8. The van der Waals surface area contributed by atoms with Gasteiger partial charge in [-0.1, -0.05) is 36.4 Å². The van der Waals surface area contributed by atoms with Crippen molar-refractivity contribution in [2.45, 2.75) is 55.5 Å². The van der Waals surface area contributed by atoms with Crippen LogP contribution in [0, 0.1) is 6.92 Å². The molecule has 13 heteroatoms. The van der Waals surface area contributed by atoms with Gasteiger partial charge in [-0.05, 0) is 38.7 Å². The highest BCUT2D eigenvalue weighted by Gasteiger charge is 2.46. The molecule has 0 unspecified atom stereocenters. The number of anilines is 1. The summed E-state index contributed by atoms with van der Waals surface area (Å²) >= 11 is 0. The lowest BCUT2D eigenvalue weighted by Gasteiger charge is -2.38. The Morgan fingerprint density at radius 3 is 2.36 bits per heavy atom. The van der Waals surface area contributed by atoms with Gasteiger partial charge in [0.25, 0.3) is 5.91 Å². The number of amides is 1. The van der Waals surface area contributed by atoms with Gasteiger partial charge in [-0.2, -0.15) is 14.7 Å². The molecule has 0 saturated carbocycles. The average molecular weight is 584 g/mol. The Balaban J connectivity index is 1.27. The largest absolute Gasteiger partial charge is 0.382 e. The van der Waals surface area contributed by atoms with Crippen LogP contribution in [0.5, 0.6) is 0 Å². The first-order chi connectivity index (χ1) is 20.2. The normalized spacial score (nSPS) is 20.3. The van der Waals surface area contributed by atoms with E-state index in [1.807, 2.05) is 47.4 Å². The topological polar surface area (TPSA) is 165 Å². The molecule has 12 nitrogen and oxygen atoms in total. The van der Waals surface area contributed by atoms with E-state index >= 15 is 0 Å². The average Bonchev–Trinajstić information content (AvgIpc) is 3.68. The first-order valence-corrected chi connectivity index (χ1v) is 15.7. The quantitative estimate of drug-likeness (QED) is 0.315. The number of nitrogens with one attached hydrogen (secondary N) is 1. The van der Waals surface area contributed by atoms with Crippen LogP contribution in [0.15, 0.2) is 59.8 Å². The molecule has 2 saturated heterocycles. The molecule has 214 valence electrons. The lowest BCUT2D eigenvalue weighted by Crippen LogP contribution is -2.46. The minimum absolute atomic E-state index is 0.00256. The number of nitrogens with zero attached hydrogens (tertiary/aromatic N) is 7. The second-order valence-corrected chi connectivity index (χ2v) is 13.0. The summed E-state index contributed by atoms with van der Waals surface area (Å²) in [7, 11) is -3.75. The molecule has 3 atom stereocenters. The number of nitrogens with two attached hydrogens (primary N) is 1. The Labute approximate surface area is 241 Å². The molecule has 42 heavy (non-hydrogen) atoms. The van der Waals surface area contributed by atoms with Crippen LogP contribution in [-0.2, 0) is 9.84 Å². The van der Waals surface area contributed by atoms with Crippen LogP contribution in [0.4, 0.5) is 5.82 Å². The summed E-state index contributed by atoms with van der Waals surface area (Å²) in [6.45, 7) is 1.73. The molecule has 7 rings (SSSR count). The molecule has 0 aliphatic carbocycles. The van der Waals surface area contributed by atoms with Crippen molar-refractivity contribution in [3.05, 3.63) is 72.2 Å². The summed E-state index contributed by atoms with van der Waals surface area (Å²) in [5, 5.41) is 11.1. The molecule has 6 heterocycles. The van der Waals surface area contributed by atoms with Crippen LogP contribution < -0.4 is 5.73 Å². The molecule has 1 aromatic carbocycles. The Morgan fingerprint density at radius 2 is 1.74 bits per heavy atom. The summed E-state index contributed by atoms with van der Waals surface area (Å²) in [6.07, 6.45) is 7.32. The number of rotatable bonds is 5. The van der Waals surface area contributed by atoms with E-state index in [4.69, 9.17) is 10.7 Å². The minimum Gasteiger partial charge on any atom is -0.382 e. The smallest absolute Gasteiger partial charge is 0.291 e. The van der Waals surface area contributed by atoms with Crippen molar-refractivity contribution >= 4 is 27.2 Å². The third kappa shape index (κ3) is 4.31. The number of H-pyrrole nitrogens is 1. The lowest BCUT2D eigenvalue weighted by atomic mass is 9.87. The minimum atomic E-state index is -3.75. The van der Waals surface area contributed by atoms with Gasteiger partial charge in [0.2, 0.25) is 5.82 Å². The van der Waals surface area contributed by atoms with Crippen LogP contribution in [0.3, 0.4) is 0 Å². The highest BCUT2D eigenvalue weighted by atomic mass is 32.2. The third-order valence-electron chi connectivity index (χ3n) is 8.33. The van der Waals surface area contributed by atoms with Crippen molar-refractivity contribution in [1.29, 1.82) is 0 Å². The Kier molecular flexibility index (Phi) is 6.08. The SMILES string of the molecule is Cc1n[nH]c(C(=O)N2[C@@H]3CC[C@H]2C[C@H](c2nc4c(-c5ccc(-c6ccccc6)nc5)cnn4c(N)c2S(C)(=O)=O)C3)n1. The molecule has 1 amide bonds. The summed E-state index contributed by atoms with van der Waals surface area (Å²) in [5.41, 5.74) is 10.7. The zero-order valence-corrected chi connectivity index (χ0v) is 23.9. The summed E-state index contributed by atoms with van der Waals surface area (Å²) in [5.74, 6) is 0.367. The second kappa shape index (κ2) is 9.72. The predicted octanol–water partition coefficient (Wildman–Crippen LogP) is 3.42. The molecule has 2 aliphatic rings. The highest BCUT2D eigenvalue weighted by Crippen LogP contribution is 2.45. The number of carbonyl (C=O) groups excluding carboxylic acids is 1. The number of fused-ring (bicyclic) bond motifs is 3. The number of aryl methyl sites for hydroxylation is 1. The van der Waals surface area contributed by atoms with Crippen molar-refractivity contribution in [2.24, 2.45) is 0 Å². The fourth-order valence-electron chi connectivity index (χ4n) is 6.51. The molecule has 2 bridgehead atoms. The van der Waals surface area contributed by atoms with Gasteiger partial charge in [-0.3, -0.25) is 14.9 Å². The molecule has 0 spiro atoms. The number of piperidine rings is 1. The fourth-order valence-corrected chi connectivity index (χ4v) is 7.57. The first kappa shape index (κ1) is 26.3. The Bertz CT molecular complexity index is 1920. The van der Waals surface area contributed by atoms with Gasteiger partial charge in [0, 0.05) is 47.1 Å². The summed E-state index contributed by atoms with van der Waals surface area (Å²) in [6, 6.07) is 13.6. The van der Waals surface area contributed by atoms with Crippen molar-refractivity contribution in [3.63, 3.8) is 0 Å². The van der Waals surface area contributed by atoms with E-state index in [-0.39, 0.29) is 40.4 Å². The van der Waals surface area contributed by atoms with Gasteiger partial charge in [0.05, 0.1) is 17.6 Å². The number of hydrogen-bond donors (Lipinski definition) is 2. The maximum Gasteiger partial charge on any atom is 0.291 e. The van der Waals surface area contributed by atoms with E-state index in [1.165, 1.54) is 4.52 Å². The zero-order chi connectivity index (χ0) is 29.2. The van der Waals surface area contributed by atoms with Gasteiger partial charge >= 0.3 is 0 Å². The van der Waals surface area contributed by atoms with Gasteiger partial charge in [0.15, 0.2) is 15.5 Å². The van der Waals surface area contributed by atoms with Gasteiger partial charge in [-0.25, -0.2) is 18.4 Å². The third-order valence-corrected chi connectivity index (χ3v) is 9.49. The number of benzene rings is 1. The van der Waals surface area contributed by atoms with Crippen LogP contribution >= 0.6 is 0 Å². The number of aromatic nitrogens is 7. The Hall–Kier alpha value is -4.65. The number of aromatic amines is 1. The lowest BCUT2D eigenvalue weighted by molar-refractivity contribution is 0.0556. The molecule has 2 fully saturated rings. The number of nitrogen functional groups attached to an aromatic ring is 1. The predicted molar refractivity (Wildman–Crippen MR) is 155 cm³/mol. The standard InChI is InChI=1S/C29H29N9O3S/c1-16-33-27(36-35-16)29(39)37-20-9-10-21(37)13-19(12-20)24-25(42(2,40)41)26(30)38-28(34-24)22(15-32-38)18-8-11-23(31-14-18)17-6-4-3-5-7-17/h3-8,11,14-15,19-21H,9-10,12-13,30H2,1-2H3,(H,33,35,36)/t19-,20-,21+. The number of pyridine rings is 1. The van der Waals surface area contributed by atoms with E-state index in [9.17, 15) is 13.2 Å². The molecular weight excluding hydrogens is 554 g/mol. The zero-order valence-electron chi connectivity index (χ0n) is 23.1. The molecule has 0 radical (unpaired) electrons.